The highest BCUT2D eigenvalue weighted by molar-refractivity contribution is 5.86. The Labute approximate surface area is 81.1 Å². The quantitative estimate of drug-likeness (QED) is 0.672. The Bertz CT molecular complexity index is 488. The molecule has 14 heavy (non-hydrogen) atoms. The summed E-state index contributed by atoms with van der Waals surface area (Å²) in [6.45, 7) is 0. The molecular weight excluding hydrogens is 180 g/mol. The number of carbonyl (C=O) groups excluding carboxylic acids is 1. The largest absolute Gasteiger partial charge is 0.481 e. The zero-order valence-corrected chi connectivity index (χ0v) is 8.02. The first-order chi connectivity index (χ1) is 6.76. The van der Waals surface area contributed by atoms with E-state index in [2.05, 4.69) is 4.98 Å². The summed E-state index contributed by atoms with van der Waals surface area (Å²) in [7, 11) is 3.37. The van der Waals surface area contributed by atoms with E-state index in [0.29, 0.717) is 11.6 Å². The Morgan fingerprint density at radius 2 is 2.29 bits per heavy atom. The summed E-state index contributed by atoms with van der Waals surface area (Å²) in [5, 5.41) is 0.940. The molecule has 0 atom stereocenters. The van der Waals surface area contributed by atoms with E-state index in [1.807, 2.05) is 6.07 Å². The van der Waals surface area contributed by atoms with Gasteiger partial charge in [0.05, 0.1) is 12.8 Å². The average Bonchev–Trinajstić information content (AvgIpc) is 2.55. The van der Waals surface area contributed by atoms with Crippen LogP contribution in [0.25, 0.3) is 11.0 Å². The van der Waals surface area contributed by atoms with E-state index in [-0.39, 0.29) is 0 Å². The molecule has 0 saturated heterocycles. The van der Waals surface area contributed by atoms with Crippen LogP contribution in [0.1, 0.15) is 10.5 Å². The number of methoxy groups -OCH3 is 1. The number of nitrogens with zero attached hydrogens (tertiary/aromatic N) is 2. The van der Waals surface area contributed by atoms with Crippen LogP contribution in [0.2, 0.25) is 0 Å². The van der Waals surface area contributed by atoms with Gasteiger partial charge >= 0.3 is 0 Å². The first kappa shape index (κ1) is 8.74. The molecule has 0 unspecified atom stereocenters. The number of carbonyl (C=O) groups is 1. The van der Waals surface area contributed by atoms with Crippen molar-refractivity contribution in [3.63, 3.8) is 0 Å². The van der Waals surface area contributed by atoms with Crippen LogP contribution in [-0.4, -0.2) is 22.9 Å². The van der Waals surface area contributed by atoms with Gasteiger partial charge in [0.1, 0.15) is 5.65 Å². The lowest BCUT2D eigenvalue weighted by Gasteiger charge is -2.00. The third kappa shape index (κ3) is 1.16. The molecule has 0 amide bonds. The molecule has 0 fully saturated rings. The lowest BCUT2D eigenvalue weighted by atomic mass is 10.3. The molecule has 72 valence electrons. The topological polar surface area (TPSA) is 44.1 Å². The van der Waals surface area contributed by atoms with Crippen molar-refractivity contribution in [2.24, 2.45) is 7.05 Å². The Balaban J connectivity index is 2.74. The van der Waals surface area contributed by atoms with Gasteiger partial charge in [0.25, 0.3) is 0 Å². The zero-order valence-electron chi connectivity index (χ0n) is 8.02. The summed E-state index contributed by atoms with van der Waals surface area (Å²) in [4.78, 5) is 14.9. The molecule has 0 radical (unpaired) electrons. The lowest BCUT2D eigenvalue weighted by Crippen LogP contribution is -1.96. The van der Waals surface area contributed by atoms with Gasteiger partial charge in [-0.1, -0.05) is 0 Å². The Kier molecular flexibility index (Phi) is 1.96. The number of aryl methyl sites for hydroxylation is 1. The molecule has 4 heteroatoms. The molecule has 0 saturated carbocycles. The summed E-state index contributed by atoms with van der Waals surface area (Å²) in [6.07, 6.45) is 0.814. The molecule has 0 bridgehead atoms. The molecule has 2 aromatic heterocycles. The Morgan fingerprint density at radius 3 is 2.93 bits per heavy atom. The van der Waals surface area contributed by atoms with Gasteiger partial charge in [-0.3, -0.25) is 4.79 Å². The van der Waals surface area contributed by atoms with Gasteiger partial charge in [0.2, 0.25) is 5.88 Å². The van der Waals surface area contributed by atoms with E-state index in [0.717, 1.165) is 17.3 Å². The lowest BCUT2D eigenvalue weighted by molar-refractivity contribution is 0.111. The van der Waals surface area contributed by atoms with E-state index >= 15 is 0 Å². The van der Waals surface area contributed by atoms with Gasteiger partial charge in [-0.2, -0.15) is 4.98 Å². The fraction of sp³-hybridized carbons (Fsp3) is 0.200. The van der Waals surface area contributed by atoms with E-state index in [1.54, 1.807) is 30.9 Å². The molecule has 2 heterocycles. The first-order valence-electron chi connectivity index (χ1n) is 4.22. The van der Waals surface area contributed by atoms with E-state index < -0.39 is 0 Å². The van der Waals surface area contributed by atoms with Crippen LogP contribution >= 0.6 is 0 Å². The van der Waals surface area contributed by atoms with Crippen molar-refractivity contribution < 1.29 is 9.53 Å². The number of hydrogen-bond donors (Lipinski definition) is 0. The minimum absolute atomic E-state index is 0.552. The number of ether oxygens (including phenoxy) is 1. The van der Waals surface area contributed by atoms with Gasteiger partial charge in [-0.25, -0.2) is 0 Å². The molecule has 4 nitrogen and oxygen atoms in total. The van der Waals surface area contributed by atoms with Crippen molar-refractivity contribution in [2.75, 3.05) is 7.11 Å². The van der Waals surface area contributed by atoms with E-state index in [9.17, 15) is 4.79 Å². The number of pyridine rings is 1. The highest BCUT2D eigenvalue weighted by Gasteiger charge is 2.06. The molecular formula is C10H10N2O2. The van der Waals surface area contributed by atoms with Crippen LogP contribution in [-0.2, 0) is 7.05 Å². The van der Waals surface area contributed by atoms with E-state index in [1.165, 1.54) is 0 Å². The smallest absolute Gasteiger partial charge is 0.214 e. The monoisotopic (exact) mass is 190 g/mol. The minimum Gasteiger partial charge on any atom is -0.481 e. The molecule has 0 N–H and O–H groups in total. The Morgan fingerprint density at radius 1 is 1.50 bits per heavy atom. The summed E-state index contributed by atoms with van der Waals surface area (Å²) < 4.78 is 6.75. The first-order valence-corrected chi connectivity index (χ1v) is 4.22. The third-order valence-electron chi connectivity index (χ3n) is 2.22. The zero-order chi connectivity index (χ0) is 10.1. The molecule has 0 spiro atoms. The maximum atomic E-state index is 10.7. The van der Waals surface area contributed by atoms with Crippen molar-refractivity contribution in [2.45, 2.75) is 0 Å². The second kappa shape index (κ2) is 3.14. The van der Waals surface area contributed by atoms with Crippen LogP contribution in [0.4, 0.5) is 0 Å². The van der Waals surface area contributed by atoms with Crippen LogP contribution in [0, 0.1) is 0 Å². The van der Waals surface area contributed by atoms with Crippen LogP contribution < -0.4 is 4.74 Å². The number of aromatic nitrogens is 2. The molecule has 0 aliphatic heterocycles. The SMILES string of the molecule is COc1ccc2cc(C=O)n(C)c2n1. The number of aldehydes is 1. The maximum absolute atomic E-state index is 10.7. The van der Waals surface area contributed by atoms with Crippen LogP contribution in [0.5, 0.6) is 5.88 Å². The average molecular weight is 190 g/mol. The van der Waals surface area contributed by atoms with Gasteiger partial charge in [-0.15, -0.1) is 0 Å². The summed E-state index contributed by atoms with van der Waals surface area (Å²) in [6, 6.07) is 5.46. The second-order valence-electron chi connectivity index (χ2n) is 3.01. The summed E-state index contributed by atoms with van der Waals surface area (Å²) in [5.41, 5.74) is 1.37. The van der Waals surface area contributed by atoms with Crippen molar-refractivity contribution in [1.29, 1.82) is 0 Å². The third-order valence-corrected chi connectivity index (χ3v) is 2.22. The van der Waals surface area contributed by atoms with Gasteiger partial charge < -0.3 is 9.30 Å². The highest BCUT2D eigenvalue weighted by Crippen LogP contribution is 2.18. The number of fused-ring (bicyclic) bond motifs is 1. The van der Waals surface area contributed by atoms with Crippen LogP contribution in [0.3, 0.4) is 0 Å². The predicted molar refractivity (Wildman–Crippen MR) is 52.7 cm³/mol. The van der Waals surface area contributed by atoms with Gasteiger partial charge in [-0.05, 0) is 12.1 Å². The number of hydrogen-bond acceptors (Lipinski definition) is 3. The van der Waals surface area contributed by atoms with Gasteiger partial charge in [0, 0.05) is 18.5 Å². The summed E-state index contributed by atoms with van der Waals surface area (Å²) >= 11 is 0. The molecule has 0 aliphatic carbocycles. The van der Waals surface area contributed by atoms with Crippen molar-refractivity contribution in [3.05, 3.63) is 23.9 Å². The maximum Gasteiger partial charge on any atom is 0.214 e. The van der Waals surface area contributed by atoms with Crippen LogP contribution in [0.15, 0.2) is 18.2 Å². The summed E-state index contributed by atoms with van der Waals surface area (Å²) in [5.74, 6) is 0.552. The molecule has 2 aromatic rings. The Hall–Kier alpha value is -1.84. The predicted octanol–water partition coefficient (Wildman–Crippen LogP) is 1.39. The molecule has 0 aliphatic rings. The highest BCUT2D eigenvalue weighted by atomic mass is 16.5. The molecule has 2 rings (SSSR count). The van der Waals surface area contributed by atoms with Crippen molar-refractivity contribution >= 4 is 17.3 Å². The normalized spacial score (nSPS) is 10.4. The number of rotatable bonds is 2. The van der Waals surface area contributed by atoms with Gasteiger partial charge in [0.15, 0.2) is 6.29 Å². The fourth-order valence-corrected chi connectivity index (χ4v) is 1.43. The standard InChI is InChI=1S/C10H10N2O2/c1-12-8(6-13)5-7-3-4-9(14-2)11-10(7)12/h3-6H,1-2H3. The molecule has 0 aromatic carbocycles. The van der Waals surface area contributed by atoms with Crippen molar-refractivity contribution in [3.8, 4) is 5.88 Å². The van der Waals surface area contributed by atoms with Crippen molar-refractivity contribution in [1.82, 2.24) is 9.55 Å². The second-order valence-corrected chi connectivity index (χ2v) is 3.01. The minimum atomic E-state index is 0.552. The fourth-order valence-electron chi connectivity index (χ4n) is 1.43. The van der Waals surface area contributed by atoms with E-state index in [4.69, 9.17) is 4.74 Å².